The lowest BCUT2D eigenvalue weighted by Gasteiger charge is -2.06. The van der Waals surface area contributed by atoms with Gasteiger partial charge in [-0.25, -0.2) is 5.43 Å². The number of carbonyl (C=O) groups excluding carboxylic acids is 1. The predicted molar refractivity (Wildman–Crippen MR) is 93.9 cm³/mol. The van der Waals surface area contributed by atoms with E-state index in [1.165, 1.54) is 25.5 Å². The molecule has 8 heteroatoms. The van der Waals surface area contributed by atoms with Crippen LogP contribution in [0.3, 0.4) is 0 Å². The molecule has 0 saturated carbocycles. The molecule has 0 aliphatic rings. The minimum atomic E-state index is -0.465. The van der Waals surface area contributed by atoms with Crippen molar-refractivity contribution in [2.24, 2.45) is 5.10 Å². The average molecular weight is 418 g/mol. The number of amides is 1. The molecule has 23 heavy (non-hydrogen) atoms. The number of halogens is 3. The first-order valence-corrected chi connectivity index (χ1v) is 7.82. The molecule has 0 bridgehead atoms. The summed E-state index contributed by atoms with van der Waals surface area (Å²) in [5.74, 6) is -0.192. The van der Waals surface area contributed by atoms with E-state index in [0.29, 0.717) is 15.1 Å². The van der Waals surface area contributed by atoms with Crippen molar-refractivity contribution >= 4 is 51.3 Å². The van der Waals surface area contributed by atoms with Crippen LogP contribution in [0, 0.1) is 0 Å². The lowest BCUT2D eigenvalue weighted by molar-refractivity contribution is 0.0955. The molecule has 0 unspecified atom stereocenters. The normalized spacial score (nSPS) is 10.8. The topological polar surface area (TPSA) is 70.9 Å². The zero-order valence-corrected chi connectivity index (χ0v) is 14.9. The molecular weight excluding hydrogens is 407 g/mol. The van der Waals surface area contributed by atoms with E-state index < -0.39 is 5.91 Å². The standard InChI is InChI=1S/C15H11BrCl2N2O3/c1-23-13-5-8(4-11(16)14(13)21)7-19-20-15(22)10-3-2-9(17)6-12(10)18/h2-7,21H,1H3,(H,20,22)/b19-7-. The minimum absolute atomic E-state index is 0.0124. The van der Waals surface area contributed by atoms with Crippen molar-refractivity contribution in [1.29, 1.82) is 0 Å². The monoisotopic (exact) mass is 416 g/mol. The van der Waals surface area contributed by atoms with Crippen molar-refractivity contribution < 1.29 is 14.6 Å². The molecule has 0 aliphatic carbocycles. The second-order valence-electron chi connectivity index (χ2n) is 4.38. The van der Waals surface area contributed by atoms with Gasteiger partial charge < -0.3 is 9.84 Å². The first-order valence-electron chi connectivity index (χ1n) is 6.27. The average Bonchev–Trinajstić information content (AvgIpc) is 2.50. The van der Waals surface area contributed by atoms with Crippen molar-refractivity contribution in [3.8, 4) is 11.5 Å². The van der Waals surface area contributed by atoms with Crippen molar-refractivity contribution in [1.82, 2.24) is 5.43 Å². The fourth-order valence-electron chi connectivity index (χ4n) is 1.72. The Kier molecular flexibility index (Phi) is 5.87. The van der Waals surface area contributed by atoms with Gasteiger partial charge >= 0.3 is 0 Å². The van der Waals surface area contributed by atoms with Gasteiger partial charge in [0.2, 0.25) is 0 Å². The van der Waals surface area contributed by atoms with E-state index in [1.807, 2.05) is 0 Å². The summed E-state index contributed by atoms with van der Waals surface area (Å²) >= 11 is 14.9. The van der Waals surface area contributed by atoms with Gasteiger partial charge in [-0.15, -0.1) is 0 Å². The number of benzene rings is 2. The molecule has 0 aliphatic heterocycles. The lowest BCUT2D eigenvalue weighted by atomic mass is 10.2. The Morgan fingerprint density at radius 2 is 2.09 bits per heavy atom. The van der Waals surface area contributed by atoms with Crippen LogP contribution >= 0.6 is 39.1 Å². The van der Waals surface area contributed by atoms with Crippen LogP contribution in [0.5, 0.6) is 11.5 Å². The van der Waals surface area contributed by atoms with Crippen LogP contribution in [-0.2, 0) is 0 Å². The number of hydrogen-bond donors (Lipinski definition) is 2. The first kappa shape index (κ1) is 17.6. The molecule has 0 spiro atoms. The van der Waals surface area contributed by atoms with Gasteiger partial charge in [-0.3, -0.25) is 4.79 Å². The number of hydrazone groups is 1. The van der Waals surface area contributed by atoms with Gasteiger partial charge in [0, 0.05) is 5.02 Å². The number of hydrogen-bond acceptors (Lipinski definition) is 4. The number of nitrogens with one attached hydrogen (secondary N) is 1. The van der Waals surface area contributed by atoms with Crippen LogP contribution in [0.4, 0.5) is 0 Å². The molecule has 2 N–H and O–H groups in total. The van der Waals surface area contributed by atoms with Crippen LogP contribution < -0.4 is 10.2 Å². The predicted octanol–water partition coefficient (Wildman–Crippen LogP) is 4.23. The minimum Gasteiger partial charge on any atom is -0.503 e. The number of phenolic OH excluding ortho intramolecular Hbond substituents is 1. The number of nitrogens with zero attached hydrogens (tertiary/aromatic N) is 1. The van der Waals surface area contributed by atoms with E-state index in [2.05, 4.69) is 26.5 Å². The summed E-state index contributed by atoms with van der Waals surface area (Å²) in [7, 11) is 1.44. The van der Waals surface area contributed by atoms with Crippen molar-refractivity contribution in [3.05, 3.63) is 56.0 Å². The fourth-order valence-corrected chi connectivity index (χ4v) is 2.68. The van der Waals surface area contributed by atoms with Gasteiger partial charge in [-0.05, 0) is 51.8 Å². The maximum absolute atomic E-state index is 12.0. The summed E-state index contributed by atoms with van der Waals surface area (Å²) in [4.78, 5) is 12.0. The number of phenols is 1. The van der Waals surface area contributed by atoms with Gasteiger partial charge in [-0.2, -0.15) is 5.10 Å². The van der Waals surface area contributed by atoms with Crippen LogP contribution in [0.15, 0.2) is 39.9 Å². The number of methoxy groups -OCH3 is 1. The van der Waals surface area contributed by atoms with E-state index in [9.17, 15) is 9.90 Å². The van der Waals surface area contributed by atoms with E-state index in [-0.39, 0.29) is 22.1 Å². The molecule has 0 fully saturated rings. The third-order valence-electron chi connectivity index (χ3n) is 2.83. The number of ether oxygens (including phenoxy) is 1. The van der Waals surface area contributed by atoms with Crippen LogP contribution in [0.25, 0.3) is 0 Å². The second-order valence-corrected chi connectivity index (χ2v) is 6.07. The van der Waals surface area contributed by atoms with Gasteiger partial charge in [0.25, 0.3) is 5.91 Å². The molecule has 2 aromatic rings. The Bertz CT molecular complexity index is 782. The van der Waals surface area contributed by atoms with E-state index >= 15 is 0 Å². The van der Waals surface area contributed by atoms with Gasteiger partial charge in [0.1, 0.15) is 0 Å². The highest BCUT2D eigenvalue weighted by molar-refractivity contribution is 9.10. The summed E-state index contributed by atoms with van der Waals surface area (Å²) in [6.07, 6.45) is 1.41. The number of carbonyl (C=O) groups is 1. The molecule has 1 amide bonds. The van der Waals surface area contributed by atoms with Crippen LogP contribution in [-0.4, -0.2) is 24.3 Å². The molecule has 2 aromatic carbocycles. The molecule has 0 atom stereocenters. The Morgan fingerprint density at radius 3 is 2.74 bits per heavy atom. The van der Waals surface area contributed by atoms with E-state index in [4.69, 9.17) is 27.9 Å². The molecular formula is C15H11BrCl2N2O3. The summed E-state index contributed by atoms with van der Waals surface area (Å²) in [5, 5.41) is 14.3. The lowest BCUT2D eigenvalue weighted by Crippen LogP contribution is -2.18. The fraction of sp³-hybridized carbons (Fsp3) is 0.0667. The van der Waals surface area contributed by atoms with Crippen molar-refractivity contribution in [2.75, 3.05) is 7.11 Å². The molecule has 0 aromatic heterocycles. The number of rotatable bonds is 4. The maximum Gasteiger partial charge on any atom is 0.272 e. The molecule has 0 heterocycles. The van der Waals surface area contributed by atoms with E-state index in [1.54, 1.807) is 18.2 Å². The third kappa shape index (κ3) is 4.37. The second kappa shape index (κ2) is 7.68. The largest absolute Gasteiger partial charge is 0.503 e. The summed E-state index contributed by atoms with van der Waals surface area (Å²) < 4.78 is 5.48. The third-order valence-corrected chi connectivity index (χ3v) is 3.98. The maximum atomic E-state index is 12.0. The Morgan fingerprint density at radius 1 is 1.35 bits per heavy atom. The van der Waals surface area contributed by atoms with Crippen molar-refractivity contribution in [2.45, 2.75) is 0 Å². The Hall–Kier alpha value is -1.76. The summed E-state index contributed by atoms with van der Waals surface area (Å²) in [6.45, 7) is 0. The van der Waals surface area contributed by atoms with Gasteiger partial charge in [0.05, 0.1) is 28.4 Å². The molecule has 0 radical (unpaired) electrons. The Balaban J connectivity index is 2.12. The van der Waals surface area contributed by atoms with E-state index in [0.717, 1.165) is 0 Å². The smallest absolute Gasteiger partial charge is 0.272 e. The SMILES string of the molecule is COc1cc(/C=N\NC(=O)c2ccc(Cl)cc2Cl)cc(Br)c1O. The highest BCUT2D eigenvalue weighted by atomic mass is 79.9. The zero-order valence-electron chi connectivity index (χ0n) is 11.8. The quantitative estimate of drug-likeness (QED) is 0.577. The number of aromatic hydroxyl groups is 1. The summed E-state index contributed by atoms with van der Waals surface area (Å²) in [6, 6.07) is 7.75. The first-order chi connectivity index (χ1) is 10.9. The van der Waals surface area contributed by atoms with Crippen molar-refractivity contribution in [3.63, 3.8) is 0 Å². The van der Waals surface area contributed by atoms with Crippen LogP contribution in [0.1, 0.15) is 15.9 Å². The highest BCUT2D eigenvalue weighted by Gasteiger charge is 2.10. The highest BCUT2D eigenvalue weighted by Crippen LogP contribution is 2.34. The zero-order chi connectivity index (χ0) is 17.0. The molecule has 5 nitrogen and oxygen atoms in total. The summed E-state index contributed by atoms with van der Waals surface area (Å²) in [5.41, 5.74) is 3.24. The van der Waals surface area contributed by atoms with Gasteiger partial charge in [-0.1, -0.05) is 23.2 Å². The molecule has 120 valence electrons. The molecule has 0 saturated heterocycles. The van der Waals surface area contributed by atoms with Gasteiger partial charge in [0.15, 0.2) is 11.5 Å². The van der Waals surface area contributed by atoms with Crippen LogP contribution in [0.2, 0.25) is 10.0 Å². The molecule has 2 rings (SSSR count). The Labute approximate surface area is 151 Å².